The summed E-state index contributed by atoms with van der Waals surface area (Å²) in [5, 5.41) is 3.93. The van der Waals surface area contributed by atoms with E-state index in [-0.39, 0.29) is 37.8 Å². The van der Waals surface area contributed by atoms with E-state index < -0.39 is 12.0 Å². The Morgan fingerprint density at radius 2 is 1.58 bits per heavy atom. The fourth-order valence-electron chi connectivity index (χ4n) is 4.44. The third-order valence-corrected chi connectivity index (χ3v) is 6.85. The minimum atomic E-state index is -2.72. The van der Waals surface area contributed by atoms with Gasteiger partial charge in [0.25, 0.3) is 17.8 Å². The lowest BCUT2D eigenvalue weighted by molar-refractivity contribution is -0.0494. The topological polar surface area (TPSA) is 71.8 Å². The highest BCUT2D eigenvalue weighted by Crippen LogP contribution is 2.39. The molecule has 1 aliphatic rings. The Balaban J connectivity index is 1.51. The van der Waals surface area contributed by atoms with E-state index in [1.54, 1.807) is 48.5 Å². The van der Waals surface area contributed by atoms with Crippen LogP contribution in [0.1, 0.15) is 23.2 Å². The number of hydrogen-bond donors (Lipinski definition) is 1. The molecule has 0 unspecified atom stereocenters. The Hall–Kier alpha value is -3.62. The predicted molar refractivity (Wildman–Crippen MR) is 142 cm³/mol. The summed E-state index contributed by atoms with van der Waals surface area (Å²) >= 11 is 12.5. The first kappa shape index (κ1) is 26.0. The van der Waals surface area contributed by atoms with Gasteiger partial charge in [0, 0.05) is 65.6 Å². The van der Waals surface area contributed by atoms with Crippen molar-refractivity contribution in [1.82, 2.24) is 10.2 Å². The number of carbonyl (C=O) groups is 2. The van der Waals surface area contributed by atoms with Gasteiger partial charge in [0.2, 0.25) is 0 Å². The van der Waals surface area contributed by atoms with Crippen molar-refractivity contribution in [2.24, 2.45) is 0 Å². The maximum atomic E-state index is 13.5. The van der Waals surface area contributed by atoms with Crippen molar-refractivity contribution in [1.29, 1.82) is 0 Å². The SMILES string of the molecule is CNC(=O)Oc1cc2cc(-c3ccc(C(=O)N4CCC(F)(F)CC4)cc3)cc(-c3cc(Cl)cc(Cl)c3)c2o1. The minimum Gasteiger partial charge on any atom is -0.425 e. The molecule has 0 aliphatic carbocycles. The van der Waals surface area contributed by atoms with Crippen LogP contribution >= 0.6 is 23.2 Å². The molecule has 1 N–H and O–H groups in total. The molecule has 4 aromatic rings. The summed E-state index contributed by atoms with van der Waals surface area (Å²) in [5.74, 6) is -2.98. The van der Waals surface area contributed by atoms with Crippen molar-refractivity contribution < 1.29 is 27.5 Å². The Morgan fingerprint density at radius 3 is 2.21 bits per heavy atom. The number of fused-ring (bicyclic) bond motifs is 1. The highest BCUT2D eigenvalue weighted by molar-refractivity contribution is 6.35. The van der Waals surface area contributed by atoms with E-state index in [1.165, 1.54) is 11.9 Å². The smallest absolute Gasteiger partial charge is 0.414 e. The van der Waals surface area contributed by atoms with E-state index in [1.807, 2.05) is 12.1 Å². The average Bonchev–Trinajstić information content (AvgIpc) is 3.29. The number of carbonyl (C=O) groups excluding carboxylic acids is 2. The van der Waals surface area contributed by atoms with Gasteiger partial charge < -0.3 is 19.4 Å². The number of likely N-dealkylation sites (tertiary alicyclic amines) is 1. The molecule has 1 aliphatic heterocycles. The molecule has 196 valence electrons. The second-order valence-electron chi connectivity index (χ2n) is 9.03. The van der Waals surface area contributed by atoms with Gasteiger partial charge in [-0.2, -0.15) is 0 Å². The Bertz CT molecular complexity index is 1510. The summed E-state index contributed by atoms with van der Waals surface area (Å²) in [6.45, 7) is 0.0491. The van der Waals surface area contributed by atoms with Crippen LogP contribution in [0.15, 0.2) is 65.1 Å². The molecule has 2 amide bonds. The number of nitrogens with one attached hydrogen (secondary N) is 1. The zero-order chi connectivity index (χ0) is 27.0. The summed E-state index contributed by atoms with van der Waals surface area (Å²) in [7, 11) is 1.44. The van der Waals surface area contributed by atoms with Crippen LogP contribution in [0.5, 0.6) is 5.95 Å². The number of nitrogens with zero attached hydrogens (tertiary/aromatic N) is 1. The Kier molecular flexibility index (Phi) is 7.03. The highest BCUT2D eigenvalue weighted by atomic mass is 35.5. The maximum absolute atomic E-state index is 13.5. The number of hydrogen-bond acceptors (Lipinski definition) is 4. The summed E-state index contributed by atoms with van der Waals surface area (Å²) < 4.78 is 38.0. The molecule has 0 radical (unpaired) electrons. The monoisotopic (exact) mass is 558 g/mol. The lowest BCUT2D eigenvalue weighted by Gasteiger charge is -2.31. The van der Waals surface area contributed by atoms with Gasteiger partial charge in [0.15, 0.2) is 0 Å². The first-order valence-corrected chi connectivity index (χ1v) is 12.6. The molecule has 2 heterocycles. The van der Waals surface area contributed by atoms with Crippen LogP contribution in [-0.2, 0) is 0 Å². The van der Waals surface area contributed by atoms with Gasteiger partial charge in [-0.15, -0.1) is 0 Å². The zero-order valence-corrected chi connectivity index (χ0v) is 21.7. The average molecular weight is 559 g/mol. The van der Waals surface area contributed by atoms with E-state index in [0.29, 0.717) is 37.7 Å². The van der Waals surface area contributed by atoms with E-state index in [4.69, 9.17) is 32.4 Å². The molecule has 0 saturated carbocycles. The van der Waals surface area contributed by atoms with Gasteiger partial charge in [0.1, 0.15) is 5.58 Å². The van der Waals surface area contributed by atoms with Gasteiger partial charge >= 0.3 is 6.09 Å². The summed E-state index contributed by atoms with van der Waals surface area (Å²) in [5.41, 5.74) is 3.86. The molecule has 0 spiro atoms. The van der Waals surface area contributed by atoms with E-state index in [2.05, 4.69) is 5.32 Å². The van der Waals surface area contributed by atoms with Crippen LogP contribution in [0, 0.1) is 0 Å². The molecular formula is C28H22Cl2F2N2O4. The van der Waals surface area contributed by atoms with Crippen LogP contribution in [-0.4, -0.2) is 43.0 Å². The molecule has 38 heavy (non-hydrogen) atoms. The molecular weight excluding hydrogens is 537 g/mol. The number of amides is 2. The zero-order valence-electron chi connectivity index (χ0n) is 20.2. The van der Waals surface area contributed by atoms with E-state index >= 15 is 0 Å². The first-order chi connectivity index (χ1) is 18.1. The van der Waals surface area contributed by atoms with Crippen LogP contribution in [0.4, 0.5) is 13.6 Å². The van der Waals surface area contributed by atoms with Crippen molar-refractivity contribution >= 4 is 46.2 Å². The third kappa shape index (κ3) is 5.47. The standard InChI is InChI=1S/C28H22Cl2F2N2O4/c1-33-27(36)38-24-14-20-10-18(13-23(25(20)37-24)19-11-21(29)15-22(30)12-19)16-2-4-17(5-3-16)26(35)34-8-6-28(31,32)7-9-34/h2-5,10-15H,6-9H2,1H3,(H,33,36). The highest BCUT2D eigenvalue weighted by Gasteiger charge is 2.35. The van der Waals surface area contributed by atoms with Gasteiger partial charge in [-0.1, -0.05) is 35.3 Å². The van der Waals surface area contributed by atoms with Crippen molar-refractivity contribution in [3.8, 4) is 28.2 Å². The van der Waals surface area contributed by atoms with Crippen LogP contribution in [0.25, 0.3) is 33.2 Å². The van der Waals surface area contributed by atoms with Crippen molar-refractivity contribution in [3.05, 3.63) is 76.3 Å². The largest absolute Gasteiger partial charge is 0.425 e. The third-order valence-electron chi connectivity index (χ3n) is 6.41. The first-order valence-electron chi connectivity index (χ1n) is 11.8. The summed E-state index contributed by atoms with van der Waals surface area (Å²) in [4.78, 5) is 26.0. The van der Waals surface area contributed by atoms with Crippen LogP contribution in [0.3, 0.4) is 0 Å². The van der Waals surface area contributed by atoms with Crippen molar-refractivity contribution in [2.45, 2.75) is 18.8 Å². The van der Waals surface area contributed by atoms with Gasteiger partial charge in [-0.3, -0.25) is 4.79 Å². The minimum absolute atomic E-state index is 0.0129. The van der Waals surface area contributed by atoms with Crippen molar-refractivity contribution in [2.75, 3.05) is 20.1 Å². The van der Waals surface area contributed by atoms with E-state index in [0.717, 1.165) is 11.1 Å². The molecule has 3 aromatic carbocycles. The number of piperidine rings is 1. The molecule has 10 heteroatoms. The summed E-state index contributed by atoms with van der Waals surface area (Å²) in [6.07, 6.45) is -1.33. The lowest BCUT2D eigenvalue weighted by atomic mass is 9.96. The fraction of sp³-hybridized carbons (Fsp3) is 0.214. The molecule has 0 atom stereocenters. The number of furan rings is 1. The second-order valence-corrected chi connectivity index (χ2v) is 9.90. The number of ether oxygens (including phenoxy) is 1. The molecule has 0 bridgehead atoms. The quantitative estimate of drug-likeness (QED) is 0.279. The summed E-state index contributed by atoms with van der Waals surface area (Å²) in [6, 6.07) is 17.4. The Labute approximate surface area is 227 Å². The van der Waals surface area contributed by atoms with Gasteiger partial charge in [0.05, 0.1) is 0 Å². The molecule has 1 fully saturated rings. The number of alkyl halides is 2. The molecule has 5 rings (SSSR count). The predicted octanol–water partition coefficient (Wildman–Crippen LogP) is 7.66. The molecule has 1 aromatic heterocycles. The molecule has 6 nitrogen and oxygen atoms in total. The van der Waals surface area contributed by atoms with Gasteiger partial charge in [-0.05, 0) is 59.2 Å². The number of rotatable bonds is 4. The van der Waals surface area contributed by atoms with E-state index in [9.17, 15) is 18.4 Å². The maximum Gasteiger partial charge on any atom is 0.414 e. The number of halogens is 4. The number of benzene rings is 3. The van der Waals surface area contributed by atoms with Crippen molar-refractivity contribution in [3.63, 3.8) is 0 Å². The van der Waals surface area contributed by atoms with Gasteiger partial charge in [-0.25, -0.2) is 13.6 Å². The molecule has 1 saturated heterocycles. The normalized spacial score (nSPS) is 14.9. The Morgan fingerprint density at radius 1 is 0.921 bits per heavy atom. The lowest BCUT2D eigenvalue weighted by Crippen LogP contribution is -2.42. The second kappa shape index (κ2) is 10.3. The fourth-order valence-corrected chi connectivity index (χ4v) is 4.96. The van der Waals surface area contributed by atoms with Crippen LogP contribution in [0.2, 0.25) is 10.0 Å². The van der Waals surface area contributed by atoms with Crippen LogP contribution < -0.4 is 10.1 Å².